The van der Waals surface area contributed by atoms with Crippen LogP contribution in [-0.2, 0) is 0 Å². The number of nitrogens with zero attached hydrogens (tertiary/aromatic N) is 4. The first-order valence-electron chi connectivity index (χ1n) is 18.8. The molecule has 0 atom stereocenters. The van der Waals surface area contributed by atoms with Crippen molar-refractivity contribution in [2.24, 2.45) is 0 Å². The van der Waals surface area contributed by atoms with Crippen LogP contribution in [0, 0.1) is 0 Å². The Morgan fingerprint density at radius 2 is 0.875 bits per heavy atom. The molecule has 3 aromatic heterocycles. The van der Waals surface area contributed by atoms with Crippen LogP contribution in [0.5, 0.6) is 0 Å². The van der Waals surface area contributed by atoms with Crippen molar-refractivity contribution in [1.29, 1.82) is 0 Å². The Balaban J connectivity index is 0.999. The molecule has 0 saturated heterocycles. The van der Waals surface area contributed by atoms with Crippen molar-refractivity contribution >= 4 is 53.3 Å². The van der Waals surface area contributed by atoms with Gasteiger partial charge in [-0.15, -0.1) is 11.3 Å². The lowest BCUT2D eigenvalue weighted by molar-refractivity contribution is 0.953. The Bertz CT molecular complexity index is 3180. The molecule has 0 N–H and O–H groups in total. The van der Waals surface area contributed by atoms with E-state index in [1.165, 1.54) is 53.2 Å². The second-order valence-electron chi connectivity index (χ2n) is 14.0. The quantitative estimate of drug-likeness (QED) is 0.171. The van der Waals surface area contributed by atoms with Gasteiger partial charge < -0.3 is 0 Å². The number of fused-ring (bicyclic) bond motifs is 6. The largest absolute Gasteiger partial charge is 0.278 e. The highest BCUT2D eigenvalue weighted by molar-refractivity contribution is 7.26. The Morgan fingerprint density at radius 3 is 1.59 bits per heavy atom. The molecular weight excluding hydrogens is 701 g/mol. The summed E-state index contributed by atoms with van der Waals surface area (Å²) in [6.07, 6.45) is 0. The highest BCUT2D eigenvalue weighted by atomic mass is 32.1. The van der Waals surface area contributed by atoms with Gasteiger partial charge in [0.2, 0.25) is 5.95 Å². The Kier molecular flexibility index (Phi) is 7.64. The van der Waals surface area contributed by atoms with Crippen LogP contribution in [0.4, 0.5) is 0 Å². The van der Waals surface area contributed by atoms with Gasteiger partial charge in [-0.05, 0) is 57.6 Å². The predicted molar refractivity (Wildman–Crippen MR) is 234 cm³/mol. The van der Waals surface area contributed by atoms with E-state index in [1.807, 2.05) is 41.7 Å². The van der Waals surface area contributed by atoms with Crippen molar-refractivity contribution in [3.63, 3.8) is 0 Å². The second kappa shape index (κ2) is 13.3. The lowest BCUT2D eigenvalue weighted by atomic mass is 9.95. The first kappa shape index (κ1) is 32.2. The van der Waals surface area contributed by atoms with Gasteiger partial charge in [-0.1, -0.05) is 170 Å². The monoisotopic (exact) mass is 732 g/mol. The standard InChI is InChI=1S/C51H32N4S/c1-3-14-34(15-4-1)40-23-12-24-43-47-39(22-13-27-46(47)56-48(40)43)38-19-11-18-37(32-38)33-28-30-36(31-29-33)50-52-49(35-16-5-2-6-17-35)53-51(54-50)55-44-25-9-7-20-41(44)42-21-8-10-26-45(42)55/h1-32H. The molecule has 0 radical (unpaired) electrons. The molecule has 0 aliphatic carbocycles. The molecule has 0 spiro atoms. The molecule has 0 amide bonds. The third-order valence-corrected chi connectivity index (χ3v) is 11.9. The summed E-state index contributed by atoms with van der Waals surface area (Å²) in [6.45, 7) is 0. The van der Waals surface area contributed by atoms with E-state index in [-0.39, 0.29) is 0 Å². The molecule has 0 aliphatic heterocycles. The van der Waals surface area contributed by atoms with E-state index in [4.69, 9.17) is 15.0 Å². The fourth-order valence-corrected chi connectivity index (χ4v) is 9.32. The SMILES string of the molecule is c1ccc(-c2nc(-c3ccc(-c4cccc(-c5cccc6sc7c(-c8ccccc8)cccc7c56)c4)cc3)nc(-n3c4ccccc4c4ccccc43)n2)cc1. The molecule has 0 fully saturated rings. The third kappa shape index (κ3) is 5.40. The van der Waals surface area contributed by atoms with Gasteiger partial charge in [-0.25, -0.2) is 4.98 Å². The molecule has 11 rings (SSSR count). The van der Waals surface area contributed by atoms with Crippen molar-refractivity contribution in [3.05, 3.63) is 194 Å². The normalized spacial score (nSPS) is 11.6. The summed E-state index contributed by atoms with van der Waals surface area (Å²) in [5.74, 6) is 1.85. The van der Waals surface area contributed by atoms with Gasteiger partial charge in [0.05, 0.1) is 11.0 Å². The maximum atomic E-state index is 5.14. The molecule has 262 valence electrons. The van der Waals surface area contributed by atoms with Crippen LogP contribution in [-0.4, -0.2) is 19.5 Å². The minimum Gasteiger partial charge on any atom is -0.278 e. The van der Waals surface area contributed by atoms with E-state index >= 15 is 0 Å². The second-order valence-corrected chi connectivity index (χ2v) is 15.1. The van der Waals surface area contributed by atoms with E-state index in [0.717, 1.165) is 33.3 Å². The molecule has 5 heteroatoms. The number of hydrogen-bond donors (Lipinski definition) is 0. The lowest BCUT2D eigenvalue weighted by Crippen LogP contribution is -2.06. The van der Waals surface area contributed by atoms with E-state index in [2.05, 4.69) is 168 Å². The summed E-state index contributed by atoms with van der Waals surface area (Å²) < 4.78 is 4.77. The predicted octanol–water partition coefficient (Wildman–Crippen LogP) is 13.7. The molecule has 56 heavy (non-hydrogen) atoms. The van der Waals surface area contributed by atoms with Gasteiger partial charge >= 0.3 is 0 Å². The minimum absolute atomic E-state index is 0.592. The molecule has 8 aromatic carbocycles. The van der Waals surface area contributed by atoms with E-state index in [9.17, 15) is 0 Å². The van der Waals surface area contributed by atoms with E-state index in [1.54, 1.807) is 0 Å². The molecule has 0 unspecified atom stereocenters. The number of hydrogen-bond acceptors (Lipinski definition) is 4. The average Bonchev–Trinajstić information content (AvgIpc) is 3.83. The highest BCUT2D eigenvalue weighted by Gasteiger charge is 2.18. The molecule has 0 saturated carbocycles. The van der Waals surface area contributed by atoms with Crippen molar-refractivity contribution in [2.75, 3.05) is 0 Å². The third-order valence-electron chi connectivity index (χ3n) is 10.7. The molecule has 4 nitrogen and oxygen atoms in total. The van der Waals surface area contributed by atoms with Crippen LogP contribution < -0.4 is 0 Å². The van der Waals surface area contributed by atoms with Crippen molar-refractivity contribution in [2.45, 2.75) is 0 Å². The van der Waals surface area contributed by atoms with Crippen LogP contribution in [0.1, 0.15) is 0 Å². The maximum absolute atomic E-state index is 5.14. The molecule has 0 bridgehead atoms. The summed E-state index contributed by atoms with van der Waals surface area (Å²) in [7, 11) is 0. The topological polar surface area (TPSA) is 43.6 Å². The smallest absolute Gasteiger partial charge is 0.238 e. The first-order chi connectivity index (χ1) is 27.8. The van der Waals surface area contributed by atoms with Crippen LogP contribution in [0.15, 0.2) is 194 Å². The zero-order chi connectivity index (χ0) is 37.0. The maximum Gasteiger partial charge on any atom is 0.238 e. The number of aromatic nitrogens is 4. The fourth-order valence-electron chi connectivity index (χ4n) is 8.06. The highest BCUT2D eigenvalue weighted by Crippen LogP contribution is 2.44. The van der Waals surface area contributed by atoms with Crippen molar-refractivity contribution < 1.29 is 0 Å². The van der Waals surface area contributed by atoms with Gasteiger partial charge in [-0.3, -0.25) is 4.57 Å². The van der Waals surface area contributed by atoms with E-state index in [0.29, 0.717) is 17.6 Å². The zero-order valence-electron chi connectivity index (χ0n) is 30.2. The summed E-state index contributed by atoms with van der Waals surface area (Å²) in [5.41, 5.74) is 11.2. The minimum atomic E-state index is 0.592. The summed E-state index contributed by atoms with van der Waals surface area (Å²) >= 11 is 1.87. The van der Waals surface area contributed by atoms with Gasteiger partial charge in [0.1, 0.15) is 0 Å². The van der Waals surface area contributed by atoms with Crippen LogP contribution in [0.3, 0.4) is 0 Å². The molecule has 11 aromatic rings. The van der Waals surface area contributed by atoms with E-state index < -0.39 is 0 Å². The van der Waals surface area contributed by atoms with Crippen LogP contribution >= 0.6 is 11.3 Å². The lowest BCUT2D eigenvalue weighted by Gasteiger charge is -2.11. The number of thiophene rings is 1. The average molecular weight is 733 g/mol. The summed E-state index contributed by atoms with van der Waals surface area (Å²) in [6, 6.07) is 68.6. The zero-order valence-corrected chi connectivity index (χ0v) is 31.0. The van der Waals surface area contributed by atoms with Crippen molar-refractivity contribution in [1.82, 2.24) is 19.5 Å². The fraction of sp³-hybridized carbons (Fsp3) is 0. The number of rotatable bonds is 6. The molecule has 0 aliphatic rings. The Morgan fingerprint density at radius 1 is 0.357 bits per heavy atom. The number of benzene rings is 8. The van der Waals surface area contributed by atoms with Gasteiger partial charge in [-0.2, -0.15) is 9.97 Å². The Labute approximate surface area is 327 Å². The Hall–Kier alpha value is -7.21. The summed E-state index contributed by atoms with van der Waals surface area (Å²) in [4.78, 5) is 15.3. The van der Waals surface area contributed by atoms with Crippen LogP contribution in [0.25, 0.3) is 104 Å². The van der Waals surface area contributed by atoms with Crippen molar-refractivity contribution in [3.8, 4) is 62.1 Å². The molecular formula is C51H32N4S. The van der Waals surface area contributed by atoms with Gasteiger partial charge in [0, 0.05) is 42.1 Å². The molecule has 3 heterocycles. The number of para-hydroxylation sites is 2. The van der Waals surface area contributed by atoms with Gasteiger partial charge in [0.15, 0.2) is 11.6 Å². The summed E-state index contributed by atoms with van der Waals surface area (Å²) in [5, 5.41) is 4.93. The first-order valence-corrected chi connectivity index (χ1v) is 19.6. The van der Waals surface area contributed by atoms with Crippen LogP contribution in [0.2, 0.25) is 0 Å². The van der Waals surface area contributed by atoms with Gasteiger partial charge in [0.25, 0.3) is 0 Å².